The Morgan fingerprint density at radius 2 is 1.59 bits per heavy atom. The van der Waals surface area contributed by atoms with Crippen LogP contribution in [0.25, 0.3) is 5.69 Å². The monoisotopic (exact) mass is 512 g/mol. The fraction of sp³-hybridized carbons (Fsp3) is 0.267. The lowest BCUT2D eigenvalue weighted by Crippen LogP contribution is -2.29. The molecule has 190 valence electrons. The lowest BCUT2D eigenvalue weighted by Gasteiger charge is -2.28. The van der Waals surface area contributed by atoms with E-state index in [1.807, 2.05) is 56.4 Å². The van der Waals surface area contributed by atoms with Crippen molar-refractivity contribution >= 4 is 23.0 Å². The fourth-order valence-electron chi connectivity index (χ4n) is 5.12. The van der Waals surface area contributed by atoms with Gasteiger partial charge in [-0.2, -0.15) is 0 Å². The Hall–Kier alpha value is -3.84. The highest BCUT2D eigenvalue weighted by atomic mass is 32.1. The average molecular weight is 513 g/mol. The van der Waals surface area contributed by atoms with E-state index >= 15 is 0 Å². The molecule has 0 unspecified atom stereocenters. The standard InChI is InChI=1S/C30H32N4O2S/c1-19(2)36-25-15-11-23(12-16-25)34-29(28(32-30(34)37)27-8-6-7-17-31-27)26-18-20(3)33(21(26)4)22-9-13-24(35-5)14-10-22/h6-19,28-29H,1-5H3,(H,32,37)/t28-,29-/m0/s1. The Labute approximate surface area is 223 Å². The van der Waals surface area contributed by atoms with Crippen LogP contribution in [0.3, 0.4) is 0 Å². The lowest BCUT2D eigenvalue weighted by molar-refractivity contribution is 0.242. The highest BCUT2D eigenvalue weighted by Gasteiger charge is 2.42. The molecule has 1 aliphatic rings. The summed E-state index contributed by atoms with van der Waals surface area (Å²) in [6.45, 7) is 8.36. The van der Waals surface area contributed by atoms with Gasteiger partial charge in [-0.1, -0.05) is 6.07 Å². The zero-order valence-electron chi connectivity index (χ0n) is 21.8. The predicted molar refractivity (Wildman–Crippen MR) is 152 cm³/mol. The van der Waals surface area contributed by atoms with E-state index < -0.39 is 0 Å². The molecule has 0 bridgehead atoms. The second-order valence-corrected chi connectivity index (χ2v) is 9.90. The molecule has 0 saturated carbocycles. The molecule has 3 heterocycles. The smallest absolute Gasteiger partial charge is 0.174 e. The molecule has 1 saturated heterocycles. The van der Waals surface area contributed by atoms with Crippen LogP contribution in [-0.4, -0.2) is 27.9 Å². The molecule has 0 aliphatic carbocycles. The van der Waals surface area contributed by atoms with E-state index in [0.717, 1.165) is 40.0 Å². The molecule has 1 fully saturated rings. The number of hydrogen-bond donors (Lipinski definition) is 1. The second-order valence-electron chi connectivity index (χ2n) is 9.52. The Morgan fingerprint density at radius 1 is 0.919 bits per heavy atom. The van der Waals surface area contributed by atoms with Crippen LogP contribution >= 0.6 is 12.2 Å². The summed E-state index contributed by atoms with van der Waals surface area (Å²) in [6.07, 6.45) is 1.95. The Balaban J connectivity index is 1.61. The molecule has 4 aromatic rings. The van der Waals surface area contributed by atoms with Crippen LogP contribution in [0.5, 0.6) is 11.5 Å². The highest BCUT2D eigenvalue weighted by Crippen LogP contribution is 2.44. The summed E-state index contributed by atoms with van der Waals surface area (Å²) < 4.78 is 13.5. The van der Waals surface area contributed by atoms with E-state index in [4.69, 9.17) is 26.7 Å². The minimum atomic E-state index is -0.106. The van der Waals surface area contributed by atoms with E-state index in [2.05, 4.69) is 65.0 Å². The zero-order chi connectivity index (χ0) is 26.1. The minimum Gasteiger partial charge on any atom is -0.497 e. The molecule has 5 rings (SSSR count). The SMILES string of the molecule is COc1ccc(-n2c(C)cc([C@H]3[C@H](c4ccccn4)NC(=S)N3c3ccc(OC(C)C)cc3)c2C)cc1. The van der Waals surface area contributed by atoms with Crippen molar-refractivity contribution in [2.75, 3.05) is 12.0 Å². The van der Waals surface area contributed by atoms with Crippen LogP contribution in [0.2, 0.25) is 0 Å². The number of ether oxygens (including phenoxy) is 2. The average Bonchev–Trinajstić information content (AvgIpc) is 3.39. The van der Waals surface area contributed by atoms with Crippen LogP contribution in [0.1, 0.15) is 48.6 Å². The number of anilines is 1. The number of benzene rings is 2. The van der Waals surface area contributed by atoms with E-state index in [0.29, 0.717) is 5.11 Å². The summed E-state index contributed by atoms with van der Waals surface area (Å²) in [5.74, 6) is 1.68. The fourth-order valence-corrected chi connectivity index (χ4v) is 5.47. The van der Waals surface area contributed by atoms with E-state index in [-0.39, 0.29) is 18.2 Å². The third kappa shape index (κ3) is 4.79. The van der Waals surface area contributed by atoms with Gasteiger partial charge in [0.2, 0.25) is 0 Å². The third-order valence-electron chi connectivity index (χ3n) is 6.70. The second kappa shape index (κ2) is 10.3. The lowest BCUT2D eigenvalue weighted by atomic mass is 9.96. The molecule has 1 aliphatic heterocycles. The van der Waals surface area contributed by atoms with Gasteiger partial charge in [-0.05, 0) is 112 Å². The van der Waals surface area contributed by atoms with Crippen molar-refractivity contribution < 1.29 is 9.47 Å². The van der Waals surface area contributed by atoms with Gasteiger partial charge in [-0.25, -0.2) is 0 Å². The zero-order valence-corrected chi connectivity index (χ0v) is 22.6. The van der Waals surface area contributed by atoms with Gasteiger partial charge in [0.1, 0.15) is 11.5 Å². The van der Waals surface area contributed by atoms with Gasteiger partial charge in [-0.15, -0.1) is 0 Å². The third-order valence-corrected chi connectivity index (χ3v) is 7.02. The molecule has 2 aromatic heterocycles. The van der Waals surface area contributed by atoms with Crippen molar-refractivity contribution in [3.05, 3.63) is 102 Å². The molecule has 1 N–H and O–H groups in total. The molecule has 0 spiro atoms. The van der Waals surface area contributed by atoms with Gasteiger partial charge in [0.05, 0.1) is 31.0 Å². The molecule has 0 amide bonds. The van der Waals surface area contributed by atoms with Gasteiger partial charge >= 0.3 is 0 Å². The number of methoxy groups -OCH3 is 1. The normalized spacial score (nSPS) is 17.2. The summed E-state index contributed by atoms with van der Waals surface area (Å²) in [6, 6.07) is 24.4. The maximum atomic E-state index is 5.92. The Morgan fingerprint density at radius 3 is 2.22 bits per heavy atom. The summed E-state index contributed by atoms with van der Waals surface area (Å²) >= 11 is 5.92. The van der Waals surface area contributed by atoms with Crippen molar-refractivity contribution in [2.24, 2.45) is 0 Å². The highest BCUT2D eigenvalue weighted by molar-refractivity contribution is 7.80. The number of nitrogens with zero attached hydrogens (tertiary/aromatic N) is 3. The van der Waals surface area contributed by atoms with Crippen LogP contribution in [-0.2, 0) is 0 Å². The summed E-state index contributed by atoms with van der Waals surface area (Å²) in [5, 5.41) is 4.24. The predicted octanol–water partition coefficient (Wildman–Crippen LogP) is 6.46. The van der Waals surface area contributed by atoms with Crippen molar-refractivity contribution in [3.8, 4) is 17.2 Å². The molecule has 7 heteroatoms. The van der Waals surface area contributed by atoms with Crippen molar-refractivity contribution in [1.29, 1.82) is 0 Å². The number of nitrogens with one attached hydrogen (secondary N) is 1. The Bertz CT molecular complexity index is 1380. The molecule has 0 radical (unpaired) electrons. The van der Waals surface area contributed by atoms with Crippen molar-refractivity contribution in [1.82, 2.24) is 14.9 Å². The van der Waals surface area contributed by atoms with Crippen molar-refractivity contribution in [3.63, 3.8) is 0 Å². The van der Waals surface area contributed by atoms with Crippen LogP contribution < -0.4 is 19.7 Å². The van der Waals surface area contributed by atoms with E-state index in [1.54, 1.807) is 7.11 Å². The van der Waals surface area contributed by atoms with Gasteiger partial charge in [0.15, 0.2) is 5.11 Å². The minimum absolute atomic E-state index is 0.0857. The largest absolute Gasteiger partial charge is 0.497 e. The Kier molecular flexibility index (Phi) is 6.89. The first-order chi connectivity index (χ1) is 17.9. The van der Waals surface area contributed by atoms with Crippen LogP contribution in [0.4, 0.5) is 5.69 Å². The van der Waals surface area contributed by atoms with E-state index in [1.165, 1.54) is 5.56 Å². The topological polar surface area (TPSA) is 51.5 Å². The van der Waals surface area contributed by atoms with E-state index in [9.17, 15) is 0 Å². The maximum absolute atomic E-state index is 5.92. The number of pyridine rings is 1. The molecular formula is C30H32N4O2S. The van der Waals surface area contributed by atoms with Crippen LogP contribution in [0, 0.1) is 13.8 Å². The number of aryl methyl sites for hydroxylation is 1. The van der Waals surface area contributed by atoms with Crippen molar-refractivity contribution in [2.45, 2.75) is 45.9 Å². The van der Waals surface area contributed by atoms with Gasteiger partial charge < -0.3 is 24.3 Å². The number of aromatic nitrogens is 2. The summed E-state index contributed by atoms with van der Waals surface area (Å²) in [5.41, 5.74) is 6.55. The summed E-state index contributed by atoms with van der Waals surface area (Å²) in [7, 11) is 1.68. The molecule has 6 nitrogen and oxygen atoms in total. The van der Waals surface area contributed by atoms with Gasteiger partial charge in [-0.3, -0.25) is 4.98 Å². The quantitative estimate of drug-likeness (QED) is 0.287. The number of rotatable bonds is 7. The number of hydrogen-bond acceptors (Lipinski definition) is 4. The van der Waals surface area contributed by atoms with Gasteiger partial charge in [0.25, 0.3) is 0 Å². The van der Waals surface area contributed by atoms with Gasteiger partial charge in [0, 0.05) is 29.0 Å². The molecule has 2 aromatic carbocycles. The first kappa shape index (κ1) is 24.8. The van der Waals surface area contributed by atoms with Crippen LogP contribution in [0.15, 0.2) is 79.0 Å². The number of thiocarbonyl (C=S) groups is 1. The molecule has 2 atom stereocenters. The molecular weight excluding hydrogens is 480 g/mol. The first-order valence-corrected chi connectivity index (χ1v) is 12.9. The summed E-state index contributed by atoms with van der Waals surface area (Å²) in [4.78, 5) is 6.89. The first-order valence-electron chi connectivity index (χ1n) is 12.5. The maximum Gasteiger partial charge on any atom is 0.174 e. The molecule has 37 heavy (non-hydrogen) atoms.